The Labute approximate surface area is 135 Å². The van der Waals surface area contributed by atoms with Gasteiger partial charge in [-0.25, -0.2) is 4.39 Å². The van der Waals surface area contributed by atoms with Crippen LogP contribution in [0.25, 0.3) is 0 Å². The molecule has 1 aliphatic heterocycles. The Morgan fingerprint density at radius 2 is 1.78 bits per heavy atom. The number of halogens is 1. The average molecular weight is 322 g/mol. The van der Waals surface area contributed by atoms with Crippen molar-refractivity contribution in [2.75, 3.05) is 26.2 Å². The lowest BCUT2D eigenvalue weighted by Crippen LogP contribution is -2.51. The minimum absolute atomic E-state index is 0.0368. The summed E-state index contributed by atoms with van der Waals surface area (Å²) in [4.78, 5) is 27.7. The zero-order chi connectivity index (χ0) is 17.0. The molecule has 1 unspecified atom stereocenters. The number of hydrogen-bond donors (Lipinski definition) is 1. The zero-order valence-electron chi connectivity index (χ0n) is 13.5. The Balaban J connectivity index is 1.88. The standard InChI is InChI=1S/C17H23FN2O3/c1-12(2)15(21)11-16(22)19-6-8-20(9-7-19)17(23)13-4-3-5-14(18)10-13/h3-5,10,12,15,21H,6-9,11H2,1-2H3. The number of amides is 2. The van der Waals surface area contributed by atoms with Crippen LogP contribution in [0.15, 0.2) is 24.3 Å². The van der Waals surface area contributed by atoms with Gasteiger partial charge in [0.15, 0.2) is 0 Å². The average Bonchev–Trinajstić information content (AvgIpc) is 2.54. The third kappa shape index (κ3) is 4.51. The molecule has 126 valence electrons. The van der Waals surface area contributed by atoms with Crippen molar-refractivity contribution in [1.29, 1.82) is 0 Å². The number of nitrogens with zero attached hydrogens (tertiary/aromatic N) is 2. The Bertz CT molecular complexity index is 569. The number of benzene rings is 1. The highest BCUT2D eigenvalue weighted by molar-refractivity contribution is 5.94. The molecule has 2 amide bonds. The van der Waals surface area contributed by atoms with Gasteiger partial charge in [0, 0.05) is 31.7 Å². The second-order valence-electron chi connectivity index (χ2n) is 6.20. The number of aliphatic hydroxyl groups excluding tert-OH is 1. The van der Waals surface area contributed by atoms with Gasteiger partial charge in [-0.3, -0.25) is 9.59 Å². The molecule has 1 atom stereocenters. The molecular formula is C17H23FN2O3. The molecule has 0 aromatic heterocycles. The van der Waals surface area contributed by atoms with E-state index in [9.17, 15) is 19.1 Å². The van der Waals surface area contributed by atoms with Crippen molar-refractivity contribution in [2.45, 2.75) is 26.4 Å². The molecule has 1 N–H and O–H groups in total. The van der Waals surface area contributed by atoms with E-state index < -0.39 is 11.9 Å². The van der Waals surface area contributed by atoms with Crippen molar-refractivity contribution in [2.24, 2.45) is 5.92 Å². The minimum Gasteiger partial charge on any atom is -0.392 e. The molecule has 6 heteroatoms. The second kappa shape index (κ2) is 7.55. The molecule has 1 heterocycles. The van der Waals surface area contributed by atoms with Crippen LogP contribution in [0.4, 0.5) is 4.39 Å². The van der Waals surface area contributed by atoms with E-state index in [4.69, 9.17) is 0 Å². The molecule has 1 fully saturated rings. The SMILES string of the molecule is CC(C)C(O)CC(=O)N1CCN(C(=O)c2cccc(F)c2)CC1. The highest BCUT2D eigenvalue weighted by Gasteiger charge is 2.26. The number of rotatable bonds is 4. The van der Waals surface area contributed by atoms with Gasteiger partial charge in [0.1, 0.15) is 5.82 Å². The molecule has 0 bridgehead atoms. The number of carbonyl (C=O) groups excluding carboxylic acids is 2. The predicted molar refractivity (Wildman–Crippen MR) is 84.3 cm³/mol. The molecule has 0 spiro atoms. The molecule has 1 aromatic carbocycles. The van der Waals surface area contributed by atoms with E-state index in [0.29, 0.717) is 31.7 Å². The van der Waals surface area contributed by atoms with Crippen LogP contribution in [0.2, 0.25) is 0 Å². The molecule has 2 rings (SSSR count). The van der Waals surface area contributed by atoms with Gasteiger partial charge in [-0.05, 0) is 24.1 Å². The van der Waals surface area contributed by atoms with Crippen LogP contribution in [0, 0.1) is 11.7 Å². The fraction of sp³-hybridized carbons (Fsp3) is 0.529. The predicted octanol–water partition coefficient (Wildman–Crippen LogP) is 1.52. The van der Waals surface area contributed by atoms with E-state index in [0.717, 1.165) is 0 Å². The summed E-state index contributed by atoms with van der Waals surface area (Å²) in [6.45, 7) is 5.44. The van der Waals surface area contributed by atoms with Gasteiger partial charge >= 0.3 is 0 Å². The molecule has 5 nitrogen and oxygen atoms in total. The van der Waals surface area contributed by atoms with Gasteiger partial charge in [-0.2, -0.15) is 0 Å². The first-order chi connectivity index (χ1) is 10.9. The highest BCUT2D eigenvalue weighted by Crippen LogP contribution is 2.13. The van der Waals surface area contributed by atoms with Crippen molar-refractivity contribution < 1.29 is 19.1 Å². The molecule has 0 saturated carbocycles. The first-order valence-corrected chi connectivity index (χ1v) is 7.89. The minimum atomic E-state index is -0.644. The topological polar surface area (TPSA) is 60.9 Å². The Hall–Kier alpha value is -1.95. The number of aliphatic hydroxyl groups is 1. The quantitative estimate of drug-likeness (QED) is 0.914. The largest absolute Gasteiger partial charge is 0.392 e. The fourth-order valence-electron chi connectivity index (χ4n) is 2.51. The van der Waals surface area contributed by atoms with E-state index >= 15 is 0 Å². The molecule has 0 aliphatic carbocycles. The van der Waals surface area contributed by atoms with E-state index in [1.165, 1.54) is 18.2 Å². The maximum Gasteiger partial charge on any atom is 0.254 e. The molecule has 23 heavy (non-hydrogen) atoms. The Morgan fingerprint density at radius 1 is 1.17 bits per heavy atom. The van der Waals surface area contributed by atoms with Gasteiger partial charge in [-0.15, -0.1) is 0 Å². The van der Waals surface area contributed by atoms with E-state index in [2.05, 4.69) is 0 Å². The Morgan fingerprint density at radius 3 is 2.35 bits per heavy atom. The molecular weight excluding hydrogens is 299 g/mol. The molecule has 1 saturated heterocycles. The van der Waals surface area contributed by atoms with Gasteiger partial charge in [0.05, 0.1) is 12.5 Å². The summed E-state index contributed by atoms with van der Waals surface area (Å²) in [7, 11) is 0. The monoisotopic (exact) mass is 322 g/mol. The third-order valence-electron chi connectivity index (χ3n) is 4.14. The summed E-state index contributed by atoms with van der Waals surface area (Å²) < 4.78 is 13.2. The lowest BCUT2D eigenvalue weighted by atomic mass is 10.0. The van der Waals surface area contributed by atoms with Crippen molar-refractivity contribution in [3.8, 4) is 0 Å². The van der Waals surface area contributed by atoms with Crippen molar-refractivity contribution in [3.63, 3.8) is 0 Å². The normalized spacial score (nSPS) is 16.6. The van der Waals surface area contributed by atoms with Gasteiger partial charge in [-0.1, -0.05) is 19.9 Å². The number of carbonyl (C=O) groups is 2. The van der Waals surface area contributed by atoms with Crippen LogP contribution in [-0.4, -0.2) is 59.0 Å². The van der Waals surface area contributed by atoms with Crippen LogP contribution in [-0.2, 0) is 4.79 Å². The van der Waals surface area contributed by atoms with Crippen LogP contribution >= 0.6 is 0 Å². The van der Waals surface area contributed by atoms with Crippen molar-refractivity contribution in [3.05, 3.63) is 35.6 Å². The number of piperazine rings is 1. The van der Waals surface area contributed by atoms with Crippen molar-refractivity contribution >= 4 is 11.8 Å². The summed E-state index contributed by atoms with van der Waals surface area (Å²) in [6, 6.07) is 5.61. The maximum absolute atomic E-state index is 13.2. The summed E-state index contributed by atoms with van der Waals surface area (Å²) >= 11 is 0. The summed E-state index contributed by atoms with van der Waals surface area (Å²) in [5.74, 6) is -0.718. The maximum atomic E-state index is 13.2. The van der Waals surface area contributed by atoms with Crippen LogP contribution in [0.1, 0.15) is 30.6 Å². The van der Waals surface area contributed by atoms with Gasteiger partial charge in [0.2, 0.25) is 5.91 Å². The van der Waals surface area contributed by atoms with E-state index in [1.54, 1.807) is 15.9 Å². The van der Waals surface area contributed by atoms with Crippen molar-refractivity contribution in [1.82, 2.24) is 9.80 Å². The fourth-order valence-corrected chi connectivity index (χ4v) is 2.51. The molecule has 1 aliphatic rings. The highest BCUT2D eigenvalue weighted by atomic mass is 19.1. The number of hydrogen-bond acceptors (Lipinski definition) is 3. The lowest BCUT2D eigenvalue weighted by molar-refractivity contribution is -0.135. The summed E-state index contributed by atoms with van der Waals surface area (Å²) in [5, 5.41) is 9.79. The third-order valence-corrected chi connectivity index (χ3v) is 4.14. The van der Waals surface area contributed by atoms with Crippen LogP contribution in [0.5, 0.6) is 0 Å². The molecule has 1 aromatic rings. The summed E-state index contributed by atoms with van der Waals surface area (Å²) in [6.07, 6.45) is -0.537. The van der Waals surface area contributed by atoms with Crippen LogP contribution < -0.4 is 0 Å². The smallest absolute Gasteiger partial charge is 0.254 e. The first kappa shape index (κ1) is 17.4. The Kier molecular flexibility index (Phi) is 5.71. The van der Waals surface area contributed by atoms with E-state index in [-0.39, 0.29) is 24.2 Å². The zero-order valence-corrected chi connectivity index (χ0v) is 13.5. The summed E-state index contributed by atoms with van der Waals surface area (Å²) in [5.41, 5.74) is 0.319. The van der Waals surface area contributed by atoms with Crippen LogP contribution in [0.3, 0.4) is 0 Å². The second-order valence-corrected chi connectivity index (χ2v) is 6.20. The first-order valence-electron chi connectivity index (χ1n) is 7.89. The van der Waals surface area contributed by atoms with Gasteiger partial charge < -0.3 is 14.9 Å². The van der Waals surface area contributed by atoms with E-state index in [1.807, 2.05) is 13.8 Å². The lowest BCUT2D eigenvalue weighted by Gasteiger charge is -2.35. The molecule has 0 radical (unpaired) electrons. The van der Waals surface area contributed by atoms with Gasteiger partial charge in [0.25, 0.3) is 5.91 Å².